The van der Waals surface area contributed by atoms with Crippen LogP contribution in [0.2, 0.25) is 0 Å². The van der Waals surface area contributed by atoms with Crippen molar-refractivity contribution in [2.75, 3.05) is 13.2 Å². The number of nitrogens with zero attached hydrogens (tertiary/aromatic N) is 1. The lowest BCUT2D eigenvalue weighted by Crippen LogP contribution is -2.55. The van der Waals surface area contributed by atoms with E-state index in [0.717, 1.165) is 12.5 Å². The highest BCUT2D eigenvalue weighted by molar-refractivity contribution is 6.02. The minimum Gasteiger partial charge on any atom is -0.478 e. The van der Waals surface area contributed by atoms with Crippen LogP contribution >= 0.6 is 0 Å². The molecule has 3 amide bonds. The number of amides is 3. The molecule has 0 aromatic carbocycles. The molecule has 1 aliphatic heterocycles. The van der Waals surface area contributed by atoms with Crippen LogP contribution < -0.4 is 5.32 Å². The van der Waals surface area contributed by atoms with Gasteiger partial charge in [0.1, 0.15) is 0 Å². The molecule has 1 aliphatic rings. The first-order valence-electron chi connectivity index (χ1n) is 6.08. The van der Waals surface area contributed by atoms with Gasteiger partial charge < -0.3 is 14.7 Å². The smallest absolute Gasteiger partial charge is 0.328 e. The van der Waals surface area contributed by atoms with E-state index in [1.165, 1.54) is 0 Å². The summed E-state index contributed by atoms with van der Waals surface area (Å²) in [6.07, 6.45) is 2.13. The van der Waals surface area contributed by atoms with Crippen molar-refractivity contribution >= 4 is 17.9 Å². The molecule has 0 bridgehead atoms. The van der Waals surface area contributed by atoms with Crippen LogP contribution in [0.1, 0.15) is 20.3 Å². The number of hydrogen-bond acceptors (Lipinski definition) is 4. The fourth-order valence-electron chi connectivity index (χ4n) is 1.80. The molecule has 7 nitrogen and oxygen atoms in total. The molecule has 0 aliphatic carbocycles. The molecule has 1 rings (SSSR count). The number of nitrogens with one attached hydrogen (secondary N) is 1. The number of ether oxygens (including phenoxy) is 1. The topological polar surface area (TPSA) is 95.9 Å². The molecular formula is C12H18N2O5. The van der Waals surface area contributed by atoms with Gasteiger partial charge >= 0.3 is 12.0 Å². The zero-order valence-corrected chi connectivity index (χ0v) is 11.0. The van der Waals surface area contributed by atoms with Gasteiger partial charge in [0.25, 0.3) is 5.91 Å². The highest BCUT2D eigenvalue weighted by Crippen LogP contribution is 2.14. The first-order valence-corrected chi connectivity index (χ1v) is 6.08. The Morgan fingerprint density at radius 3 is 2.68 bits per heavy atom. The average Bonchev–Trinajstić information content (AvgIpc) is 2.36. The highest BCUT2D eigenvalue weighted by atomic mass is 16.5. The summed E-state index contributed by atoms with van der Waals surface area (Å²) in [6, 6.07) is -0.602. The van der Waals surface area contributed by atoms with Gasteiger partial charge in [-0.1, -0.05) is 6.92 Å². The van der Waals surface area contributed by atoms with Crippen molar-refractivity contribution in [3.05, 3.63) is 12.2 Å². The second-order valence-electron chi connectivity index (χ2n) is 4.32. The van der Waals surface area contributed by atoms with Crippen LogP contribution in [0.4, 0.5) is 4.79 Å². The molecule has 19 heavy (non-hydrogen) atoms. The summed E-state index contributed by atoms with van der Waals surface area (Å²) in [5.41, 5.74) is 0. The van der Waals surface area contributed by atoms with Crippen LogP contribution in [-0.2, 0) is 14.3 Å². The van der Waals surface area contributed by atoms with E-state index in [4.69, 9.17) is 9.84 Å². The lowest BCUT2D eigenvalue weighted by Gasteiger charge is -2.37. The molecule has 7 heteroatoms. The van der Waals surface area contributed by atoms with Crippen LogP contribution in [0.5, 0.6) is 0 Å². The molecule has 1 saturated heterocycles. The highest BCUT2D eigenvalue weighted by Gasteiger charge is 2.29. The standard InChI is InChI=1S/C12H18N2O5/c1-3-9-7-19-8(2)6-14(9)12(18)13-10(15)4-5-11(16)17/h4-5,8-9H,3,6-7H2,1-2H3,(H,16,17)(H,13,15,18). The van der Waals surface area contributed by atoms with Gasteiger partial charge in [-0.15, -0.1) is 0 Å². The second-order valence-corrected chi connectivity index (χ2v) is 4.32. The maximum atomic E-state index is 11.9. The van der Waals surface area contributed by atoms with Crippen molar-refractivity contribution in [2.24, 2.45) is 0 Å². The number of carbonyl (C=O) groups is 3. The number of urea groups is 1. The van der Waals surface area contributed by atoms with Gasteiger partial charge in [-0.2, -0.15) is 0 Å². The van der Waals surface area contributed by atoms with E-state index in [-0.39, 0.29) is 12.1 Å². The minimum absolute atomic E-state index is 0.0764. The third kappa shape index (κ3) is 4.70. The fourth-order valence-corrected chi connectivity index (χ4v) is 1.80. The van der Waals surface area contributed by atoms with Gasteiger partial charge in [0, 0.05) is 18.7 Å². The summed E-state index contributed by atoms with van der Waals surface area (Å²) >= 11 is 0. The van der Waals surface area contributed by atoms with Gasteiger partial charge in [0.05, 0.1) is 18.8 Å². The van der Waals surface area contributed by atoms with Crippen molar-refractivity contribution < 1.29 is 24.2 Å². The molecule has 0 saturated carbocycles. The van der Waals surface area contributed by atoms with Crippen LogP contribution in [0.25, 0.3) is 0 Å². The fraction of sp³-hybridized carbons (Fsp3) is 0.583. The number of aliphatic carboxylic acids is 1. The summed E-state index contributed by atoms with van der Waals surface area (Å²) in [6.45, 7) is 4.61. The summed E-state index contributed by atoms with van der Waals surface area (Å²) in [4.78, 5) is 35.1. The quantitative estimate of drug-likeness (QED) is 0.722. The predicted octanol–water partition coefficient (Wildman–Crippen LogP) is 0.363. The maximum Gasteiger partial charge on any atom is 0.328 e. The summed E-state index contributed by atoms with van der Waals surface area (Å²) in [5.74, 6) is -1.99. The maximum absolute atomic E-state index is 11.9. The van der Waals surface area contributed by atoms with Crippen molar-refractivity contribution in [1.82, 2.24) is 10.2 Å². The Labute approximate surface area is 111 Å². The van der Waals surface area contributed by atoms with E-state index in [2.05, 4.69) is 5.32 Å². The molecular weight excluding hydrogens is 252 g/mol. The van der Waals surface area contributed by atoms with Gasteiger partial charge in [-0.05, 0) is 13.3 Å². The summed E-state index contributed by atoms with van der Waals surface area (Å²) in [7, 11) is 0. The largest absolute Gasteiger partial charge is 0.478 e. The van der Waals surface area contributed by atoms with Gasteiger partial charge in [-0.25, -0.2) is 9.59 Å². The normalized spacial score (nSPS) is 23.4. The Balaban J connectivity index is 2.59. The van der Waals surface area contributed by atoms with Crippen molar-refractivity contribution in [1.29, 1.82) is 0 Å². The van der Waals surface area contributed by atoms with Crippen molar-refractivity contribution in [3.8, 4) is 0 Å². The number of hydrogen-bond donors (Lipinski definition) is 2. The zero-order chi connectivity index (χ0) is 14.4. The number of rotatable bonds is 3. The molecule has 1 fully saturated rings. The van der Waals surface area contributed by atoms with E-state index >= 15 is 0 Å². The third-order valence-corrected chi connectivity index (χ3v) is 2.81. The zero-order valence-electron chi connectivity index (χ0n) is 11.0. The summed E-state index contributed by atoms with van der Waals surface area (Å²) < 4.78 is 5.45. The molecule has 0 aromatic rings. The van der Waals surface area contributed by atoms with Gasteiger partial charge in [0.2, 0.25) is 0 Å². The molecule has 0 radical (unpaired) electrons. The molecule has 106 valence electrons. The Bertz CT molecular complexity index is 394. The Kier molecular flexibility index (Phi) is 5.50. The number of carboxylic acid groups (broad SMARTS) is 1. The number of carbonyl (C=O) groups excluding carboxylic acids is 2. The Hall–Kier alpha value is -1.89. The molecule has 0 aromatic heterocycles. The lowest BCUT2D eigenvalue weighted by atomic mass is 10.1. The van der Waals surface area contributed by atoms with E-state index in [0.29, 0.717) is 19.2 Å². The van der Waals surface area contributed by atoms with Crippen LogP contribution in [0.15, 0.2) is 12.2 Å². The first-order chi connectivity index (χ1) is 8.93. The monoisotopic (exact) mass is 270 g/mol. The number of carboxylic acids is 1. The van der Waals surface area contributed by atoms with Crippen molar-refractivity contribution in [2.45, 2.75) is 32.4 Å². The van der Waals surface area contributed by atoms with Gasteiger partial charge in [0.15, 0.2) is 0 Å². The van der Waals surface area contributed by atoms with E-state index in [1.54, 1.807) is 4.90 Å². The lowest BCUT2D eigenvalue weighted by molar-refractivity contribution is -0.131. The summed E-state index contributed by atoms with van der Waals surface area (Å²) in [5, 5.41) is 10.5. The molecule has 2 unspecified atom stereocenters. The van der Waals surface area contributed by atoms with Crippen LogP contribution in [-0.4, -0.2) is 53.2 Å². The third-order valence-electron chi connectivity index (χ3n) is 2.81. The Morgan fingerprint density at radius 2 is 2.11 bits per heavy atom. The number of morpholine rings is 1. The number of imide groups is 1. The van der Waals surface area contributed by atoms with Crippen molar-refractivity contribution in [3.63, 3.8) is 0 Å². The average molecular weight is 270 g/mol. The predicted molar refractivity (Wildman–Crippen MR) is 66.5 cm³/mol. The van der Waals surface area contributed by atoms with Gasteiger partial charge in [-0.3, -0.25) is 10.1 Å². The van der Waals surface area contributed by atoms with E-state index < -0.39 is 17.9 Å². The Morgan fingerprint density at radius 1 is 1.42 bits per heavy atom. The molecule has 1 heterocycles. The minimum atomic E-state index is -1.24. The first kappa shape index (κ1) is 15.2. The van der Waals surface area contributed by atoms with Crippen LogP contribution in [0.3, 0.4) is 0 Å². The second kappa shape index (κ2) is 6.89. The van der Waals surface area contributed by atoms with Crippen LogP contribution in [0, 0.1) is 0 Å². The molecule has 0 spiro atoms. The molecule has 2 N–H and O–H groups in total. The van der Waals surface area contributed by atoms with E-state index in [9.17, 15) is 14.4 Å². The SMILES string of the molecule is CCC1COC(C)CN1C(=O)NC(=O)C=CC(=O)O. The van der Waals surface area contributed by atoms with E-state index in [1.807, 2.05) is 13.8 Å². The molecule has 2 atom stereocenters.